The molecule has 3 rings (SSSR count). The Balaban J connectivity index is 1.52. The van der Waals surface area contributed by atoms with Gasteiger partial charge in [0.25, 0.3) is 0 Å². The zero-order chi connectivity index (χ0) is 9.60. The number of hydrogen-bond acceptors (Lipinski definition) is 3. The normalized spacial score (nSPS) is 42.4. The zero-order valence-electron chi connectivity index (χ0n) is 8.33. The molecule has 0 aromatic heterocycles. The van der Waals surface area contributed by atoms with Gasteiger partial charge in [0.05, 0.1) is 23.7 Å². The van der Waals surface area contributed by atoms with Crippen LogP contribution in [0.3, 0.4) is 0 Å². The van der Waals surface area contributed by atoms with E-state index in [1.54, 1.807) is 0 Å². The molecule has 2 saturated heterocycles. The fourth-order valence-electron chi connectivity index (χ4n) is 2.66. The highest BCUT2D eigenvalue weighted by Crippen LogP contribution is 2.44. The molecule has 3 heteroatoms. The summed E-state index contributed by atoms with van der Waals surface area (Å²) in [5.41, 5.74) is -0.0121. The number of nitrogens with one attached hydrogen (secondary N) is 1. The summed E-state index contributed by atoms with van der Waals surface area (Å²) in [7, 11) is 0. The third-order valence-corrected chi connectivity index (χ3v) is 3.90. The third kappa shape index (κ3) is 1.34. The molecule has 3 fully saturated rings. The van der Waals surface area contributed by atoms with Crippen LogP contribution in [0.4, 0.5) is 0 Å². The Morgan fingerprint density at radius 3 is 2.79 bits per heavy atom. The summed E-state index contributed by atoms with van der Waals surface area (Å²) in [6.45, 7) is 0.876. The van der Waals surface area contributed by atoms with Gasteiger partial charge in [-0.3, -0.25) is 0 Å². The molecule has 3 atom stereocenters. The van der Waals surface area contributed by atoms with E-state index in [0.29, 0.717) is 18.2 Å². The van der Waals surface area contributed by atoms with Gasteiger partial charge in [-0.05, 0) is 32.1 Å². The first kappa shape index (κ1) is 8.70. The third-order valence-electron chi connectivity index (χ3n) is 3.90. The first-order chi connectivity index (χ1) is 6.81. The van der Waals surface area contributed by atoms with E-state index in [4.69, 9.17) is 10.00 Å². The van der Waals surface area contributed by atoms with Gasteiger partial charge in [-0.1, -0.05) is 0 Å². The lowest BCUT2D eigenvalue weighted by atomic mass is 9.95. The van der Waals surface area contributed by atoms with Crippen LogP contribution < -0.4 is 5.32 Å². The van der Waals surface area contributed by atoms with Gasteiger partial charge in [0.1, 0.15) is 0 Å². The van der Waals surface area contributed by atoms with E-state index in [-0.39, 0.29) is 5.41 Å². The van der Waals surface area contributed by atoms with Crippen LogP contribution in [0, 0.1) is 16.7 Å². The second kappa shape index (κ2) is 2.95. The maximum Gasteiger partial charge on any atom is 0.0733 e. The van der Waals surface area contributed by atoms with Gasteiger partial charge >= 0.3 is 0 Å². The van der Waals surface area contributed by atoms with E-state index in [2.05, 4.69) is 11.4 Å². The van der Waals surface area contributed by atoms with Crippen LogP contribution in [0.15, 0.2) is 0 Å². The van der Waals surface area contributed by atoms with Crippen molar-refractivity contribution in [3.05, 3.63) is 0 Å². The highest BCUT2D eigenvalue weighted by Gasteiger charge is 2.46. The SMILES string of the molecule is N#CC1(CNC2CC3CCC2O3)CC1. The molecular formula is C11H16N2O. The van der Waals surface area contributed by atoms with Gasteiger partial charge in [0, 0.05) is 12.6 Å². The van der Waals surface area contributed by atoms with E-state index in [9.17, 15) is 0 Å². The molecular weight excluding hydrogens is 176 g/mol. The minimum absolute atomic E-state index is 0.0121. The highest BCUT2D eigenvalue weighted by molar-refractivity contribution is 5.11. The first-order valence-corrected chi connectivity index (χ1v) is 5.61. The first-order valence-electron chi connectivity index (χ1n) is 5.61. The second-order valence-electron chi connectivity index (χ2n) is 4.99. The van der Waals surface area contributed by atoms with Crippen molar-refractivity contribution in [1.29, 1.82) is 5.26 Å². The number of fused-ring (bicyclic) bond motifs is 2. The summed E-state index contributed by atoms with van der Waals surface area (Å²) in [5.74, 6) is 0. The Kier molecular flexibility index (Phi) is 1.83. The Hall–Kier alpha value is -0.590. The number of nitrogens with zero attached hydrogens (tertiary/aromatic N) is 1. The molecule has 0 amide bonds. The summed E-state index contributed by atoms with van der Waals surface area (Å²) in [5, 5.41) is 12.5. The van der Waals surface area contributed by atoms with Crippen molar-refractivity contribution >= 4 is 0 Å². The molecule has 14 heavy (non-hydrogen) atoms. The maximum absolute atomic E-state index is 8.94. The number of hydrogen-bond donors (Lipinski definition) is 1. The van der Waals surface area contributed by atoms with Crippen molar-refractivity contribution in [2.75, 3.05) is 6.54 Å². The fourth-order valence-corrected chi connectivity index (χ4v) is 2.66. The molecule has 1 aliphatic carbocycles. The van der Waals surface area contributed by atoms with Crippen LogP contribution >= 0.6 is 0 Å². The summed E-state index contributed by atoms with van der Waals surface area (Å²) in [6, 6.07) is 2.94. The molecule has 2 aliphatic heterocycles. The fraction of sp³-hybridized carbons (Fsp3) is 0.909. The van der Waals surface area contributed by atoms with Crippen LogP contribution in [-0.2, 0) is 4.74 Å². The molecule has 0 radical (unpaired) electrons. The van der Waals surface area contributed by atoms with Gasteiger partial charge in [-0.2, -0.15) is 5.26 Å². The largest absolute Gasteiger partial charge is 0.373 e. The van der Waals surface area contributed by atoms with Gasteiger partial charge < -0.3 is 10.1 Å². The molecule has 0 aromatic rings. The molecule has 1 saturated carbocycles. The number of ether oxygens (including phenoxy) is 1. The van der Waals surface area contributed by atoms with Gasteiger partial charge in [-0.25, -0.2) is 0 Å². The van der Waals surface area contributed by atoms with E-state index in [1.165, 1.54) is 12.8 Å². The number of rotatable bonds is 3. The van der Waals surface area contributed by atoms with Crippen molar-refractivity contribution in [1.82, 2.24) is 5.32 Å². The van der Waals surface area contributed by atoms with Crippen LogP contribution in [0.2, 0.25) is 0 Å². The zero-order valence-corrected chi connectivity index (χ0v) is 8.33. The van der Waals surface area contributed by atoms with Crippen LogP contribution in [0.1, 0.15) is 32.1 Å². The average Bonchev–Trinajstić information content (AvgIpc) is 2.69. The minimum Gasteiger partial charge on any atom is -0.373 e. The Morgan fingerprint density at radius 1 is 1.43 bits per heavy atom. The summed E-state index contributed by atoms with van der Waals surface area (Å²) in [4.78, 5) is 0. The molecule has 0 aromatic carbocycles. The van der Waals surface area contributed by atoms with Crippen LogP contribution in [0.25, 0.3) is 0 Å². The second-order valence-corrected chi connectivity index (χ2v) is 4.99. The predicted molar refractivity (Wildman–Crippen MR) is 51.6 cm³/mol. The van der Waals surface area contributed by atoms with Gasteiger partial charge in [0.15, 0.2) is 0 Å². The van der Waals surface area contributed by atoms with Gasteiger partial charge in [0.2, 0.25) is 0 Å². The molecule has 3 unspecified atom stereocenters. The van der Waals surface area contributed by atoms with E-state index >= 15 is 0 Å². The topological polar surface area (TPSA) is 45.0 Å². The Bertz CT molecular complexity index is 280. The Morgan fingerprint density at radius 2 is 2.29 bits per heavy atom. The molecule has 2 heterocycles. The summed E-state index contributed by atoms with van der Waals surface area (Å²) >= 11 is 0. The highest BCUT2D eigenvalue weighted by atomic mass is 16.5. The van der Waals surface area contributed by atoms with Crippen molar-refractivity contribution in [2.45, 2.75) is 50.4 Å². The molecule has 2 bridgehead atoms. The molecule has 76 valence electrons. The van der Waals surface area contributed by atoms with Crippen LogP contribution in [0.5, 0.6) is 0 Å². The van der Waals surface area contributed by atoms with E-state index in [1.807, 2.05) is 0 Å². The average molecular weight is 192 g/mol. The summed E-state index contributed by atoms with van der Waals surface area (Å²) < 4.78 is 5.76. The monoisotopic (exact) mass is 192 g/mol. The lowest BCUT2D eigenvalue weighted by Gasteiger charge is -2.21. The lowest BCUT2D eigenvalue weighted by Crippen LogP contribution is -2.40. The molecule has 0 spiro atoms. The Labute approximate surface area is 84.4 Å². The quantitative estimate of drug-likeness (QED) is 0.730. The maximum atomic E-state index is 8.94. The van der Waals surface area contributed by atoms with Crippen molar-refractivity contribution in [3.63, 3.8) is 0 Å². The summed E-state index contributed by atoms with van der Waals surface area (Å²) in [6.07, 6.45) is 6.72. The molecule has 1 N–H and O–H groups in total. The number of nitriles is 1. The standard InChI is InChI=1S/C11H16N2O/c12-6-11(3-4-11)7-13-9-5-8-1-2-10(9)14-8/h8-10,13H,1-5,7H2. The minimum atomic E-state index is -0.0121. The predicted octanol–water partition coefficient (Wildman–Crippen LogP) is 1.20. The van der Waals surface area contributed by atoms with E-state index < -0.39 is 0 Å². The lowest BCUT2D eigenvalue weighted by molar-refractivity contribution is 0.0971. The smallest absolute Gasteiger partial charge is 0.0733 e. The van der Waals surface area contributed by atoms with E-state index in [0.717, 1.165) is 25.8 Å². The van der Waals surface area contributed by atoms with Crippen molar-refractivity contribution < 1.29 is 4.74 Å². The van der Waals surface area contributed by atoms with Crippen molar-refractivity contribution in [3.8, 4) is 6.07 Å². The van der Waals surface area contributed by atoms with Gasteiger partial charge in [-0.15, -0.1) is 0 Å². The van der Waals surface area contributed by atoms with Crippen LogP contribution in [-0.4, -0.2) is 24.8 Å². The van der Waals surface area contributed by atoms with Crippen molar-refractivity contribution in [2.24, 2.45) is 5.41 Å². The molecule has 3 aliphatic rings. The molecule has 3 nitrogen and oxygen atoms in total.